The lowest BCUT2D eigenvalue weighted by Crippen LogP contribution is -2.22. The van der Waals surface area contributed by atoms with E-state index in [9.17, 15) is 4.79 Å². The van der Waals surface area contributed by atoms with Gasteiger partial charge >= 0.3 is 0 Å². The predicted molar refractivity (Wildman–Crippen MR) is 57.7 cm³/mol. The van der Waals surface area contributed by atoms with Gasteiger partial charge in [0.25, 0.3) is 0 Å². The van der Waals surface area contributed by atoms with Gasteiger partial charge in [0, 0.05) is 5.41 Å². The summed E-state index contributed by atoms with van der Waals surface area (Å²) in [5.74, 6) is 0.951. The molecule has 0 spiro atoms. The fourth-order valence-corrected chi connectivity index (χ4v) is 1.30. The molecule has 0 fully saturated rings. The van der Waals surface area contributed by atoms with E-state index in [-0.39, 0.29) is 11.2 Å². The molecule has 0 aliphatic carbocycles. The van der Waals surface area contributed by atoms with Gasteiger partial charge in [-0.2, -0.15) is 0 Å². The molecule has 13 heavy (non-hydrogen) atoms. The predicted octanol–water partition coefficient (Wildman–Crippen LogP) is 3.59. The maximum atomic E-state index is 11.3. The molecule has 0 rings (SSSR count). The minimum atomic E-state index is -0.297. The summed E-state index contributed by atoms with van der Waals surface area (Å²) in [5, 5.41) is 0. The molecule has 0 bridgehead atoms. The first kappa shape index (κ1) is 12.4. The van der Waals surface area contributed by atoms with E-state index in [1.165, 1.54) is 6.42 Å². The molecular formula is C12H22O. The Morgan fingerprint density at radius 3 is 2.38 bits per heavy atom. The highest BCUT2D eigenvalue weighted by molar-refractivity contribution is 5.83. The van der Waals surface area contributed by atoms with Crippen LogP contribution in [-0.2, 0) is 4.79 Å². The van der Waals surface area contributed by atoms with Crippen LogP contribution in [0.4, 0.5) is 0 Å². The van der Waals surface area contributed by atoms with Crippen molar-refractivity contribution in [2.45, 2.75) is 47.0 Å². The van der Waals surface area contributed by atoms with Crippen molar-refractivity contribution in [2.75, 3.05) is 0 Å². The monoisotopic (exact) mass is 182 g/mol. The number of hydrogen-bond donors (Lipinski definition) is 0. The first-order valence-corrected chi connectivity index (χ1v) is 5.07. The van der Waals surface area contributed by atoms with Gasteiger partial charge < -0.3 is 0 Å². The molecule has 0 aromatic heterocycles. The molecule has 0 aromatic carbocycles. The fraction of sp³-hybridized carbons (Fsp3) is 0.750. The Bertz CT molecular complexity index is 182. The van der Waals surface area contributed by atoms with E-state index in [1.54, 1.807) is 13.0 Å². The zero-order valence-electron chi connectivity index (χ0n) is 9.39. The second kappa shape index (κ2) is 5.21. The molecule has 0 N–H and O–H groups in total. The number of ketones is 1. The van der Waals surface area contributed by atoms with Gasteiger partial charge in [-0.3, -0.25) is 4.79 Å². The number of Topliss-reactive ketones (excluding diaryl/α,β-unsaturated/α-hetero) is 1. The summed E-state index contributed by atoms with van der Waals surface area (Å²) in [6, 6.07) is 0. The van der Waals surface area contributed by atoms with Crippen molar-refractivity contribution in [1.82, 2.24) is 0 Å². The minimum absolute atomic E-state index is 0.228. The zero-order valence-corrected chi connectivity index (χ0v) is 9.39. The van der Waals surface area contributed by atoms with Gasteiger partial charge in [0.05, 0.1) is 0 Å². The summed E-state index contributed by atoms with van der Waals surface area (Å²) in [4.78, 5) is 11.3. The van der Waals surface area contributed by atoms with Gasteiger partial charge in [0.1, 0.15) is 5.78 Å². The third-order valence-corrected chi connectivity index (χ3v) is 2.73. The number of rotatable bonds is 6. The third-order valence-electron chi connectivity index (χ3n) is 2.73. The quantitative estimate of drug-likeness (QED) is 0.574. The van der Waals surface area contributed by atoms with E-state index in [1.807, 2.05) is 6.92 Å². The number of carbonyl (C=O) groups excluding carboxylic acids is 1. The molecule has 0 radical (unpaired) electrons. The lowest BCUT2D eigenvalue weighted by molar-refractivity contribution is -0.123. The van der Waals surface area contributed by atoms with Crippen molar-refractivity contribution < 1.29 is 4.79 Å². The summed E-state index contributed by atoms with van der Waals surface area (Å²) >= 11 is 0. The van der Waals surface area contributed by atoms with Crippen LogP contribution < -0.4 is 0 Å². The first-order valence-electron chi connectivity index (χ1n) is 5.07. The van der Waals surface area contributed by atoms with Crippen LogP contribution in [0.2, 0.25) is 0 Å². The normalized spacial score (nSPS) is 15.5. The van der Waals surface area contributed by atoms with Gasteiger partial charge in [-0.1, -0.05) is 32.8 Å². The maximum absolute atomic E-state index is 11.3. The molecule has 0 aliphatic heterocycles. The molecule has 0 saturated heterocycles. The van der Waals surface area contributed by atoms with Crippen LogP contribution in [0.15, 0.2) is 12.7 Å². The van der Waals surface area contributed by atoms with Gasteiger partial charge in [0.15, 0.2) is 0 Å². The topological polar surface area (TPSA) is 17.1 Å². The summed E-state index contributed by atoms with van der Waals surface area (Å²) in [7, 11) is 0. The Morgan fingerprint density at radius 1 is 1.54 bits per heavy atom. The average molecular weight is 182 g/mol. The molecule has 76 valence electrons. The van der Waals surface area contributed by atoms with Gasteiger partial charge in [-0.05, 0) is 26.2 Å². The Balaban J connectivity index is 3.99. The Hall–Kier alpha value is -0.590. The van der Waals surface area contributed by atoms with Gasteiger partial charge in [-0.15, -0.1) is 6.58 Å². The summed E-state index contributed by atoms with van der Waals surface area (Å²) < 4.78 is 0. The molecule has 0 aliphatic rings. The van der Waals surface area contributed by atoms with E-state index < -0.39 is 0 Å². The second-order valence-electron chi connectivity index (χ2n) is 4.46. The zero-order chi connectivity index (χ0) is 10.5. The molecule has 1 atom stereocenters. The summed E-state index contributed by atoms with van der Waals surface area (Å²) in [6.07, 6.45) is 5.02. The standard InChI is InChI=1S/C12H22O/c1-6-12(5,11(4)13)9-7-8-10(2)3/h6,10H,1,7-9H2,2-5H3. The molecular weight excluding hydrogens is 160 g/mol. The maximum Gasteiger partial charge on any atom is 0.139 e. The van der Waals surface area contributed by atoms with Crippen molar-refractivity contribution >= 4 is 5.78 Å². The Morgan fingerprint density at radius 2 is 2.08 bits per heavy atom. The first-order chi connectivity index (χ1) is 5.92. The van der Waals surface area contributed by atoms with Gasteiger partial charge in [-0.25, -0.2) is 0 Å². The van der Waals surface area contributed by atoms with E-state index in [2.05, 4.69) is 20.4 Å². The van der Waals surface area contributed by atoms with Crippen LogP contribution >= 0.6 is 0 Å². The average Bonchev–Trinajstić information content (AvgIpc) is 2.03. The van der Waals surface area contributed by atoms with Crippen molar-refractivity contribution in [1.29, 1.82) is 0 Å². The fourth-order valence-electron chi connectivity index (χ4n) is 1.30. The largest absolute Gasteiger partial charge is 0.299 e. The lowest BCUT2D eigenvalue weighted by Gasteiger charge is -2.22. The summed E-state index contributed by atoms with van der Waals surface area (Å²) in [6.45, 7) is 11.8. The molecule has 1 unspecified atom stereocenters. The van der Waals surface area contributed by atoms with Crippen LogP contribution in [0, 0.1) is 11.3 Å². The third kappa shape index (κ3) is 4.25. The molecule has 0 aromatic rings. The van der Waals surface area contributed by atoms with E-state index in [4.69, 9.17) is 0 Å². The Kier molecular flexibility index (Phi) is 4.97. The van der Waals surface area contributed by atoms with E-state index in [0.717, 1.165) is 18.8 Å². The number of hydrogen-bond acceptors (Lipinski definition) is 1. The molecule has 1 heteroatoms. The highest BCUT2D eigenvalue weighted by Crippen LogP contribution is 2.27. The Labute approximate surface area is 82.2 Å². The van der Waals surface area contributed by atoms with Gasteiger partial charge in [0.2, 0.25) is 0 Å². The smallest absolute Gasteiger partial charge is 0.139 e. The molecule has 0 saturated carbocycles. The summed E-state index contributed by atoms with van der Waals surface area (Å²) in [5.41, 5.74) is -0.297. The van der Waals surface area contributed by atoms with Crippen molar-refractivity contribution in [3.63, 3.8) is 0 Å². The SMILES string of the molecule is C=CC(C)(CCCC(C)C)C(C)=O. The van der Waals surface area contributed by atoms with Crippen LogP contribution in [0.3, 0.4) is 0 Å². The molecule has 0 amide bonds. The van der Waals surface area contributed by atoms with Crippen molar-refractivity contribution in [3.8, 4) is 0 Å². The lowest BCUT2D eigenvalue weighted by atomic mass is 9.81. The van der Waals surface area contributed by atoms with Crippen LogP contribution in [0.5, 0.6) is 0 Å². The molecule has 1 nitrogen and oxygen atoms in total. The minimum Gasteiger partial charge on any atom is -0.299 e. The van der Waals surface area contributed by atoms with Crippen LogP contribution in [0.25, 0.3) is 0 Å². The van der Waals surface area contributed by atoms with Crippen molar-refractivity contribution in [3.05, 3.63) is 12.7 Å². The number of allylic oxidation sites excluding steroid dienone is 1. The van der Waals surface area contributed by atoms with Crippen LogP contribution in [0.1, 0.15) is 47.0 Å². The van der Waals surface area contributed by atoms with E-state index >= 15 is 0 Å². The van der Waals surface area contributed by atoms with Crippen LogP contribution in [-0.4, -0.2) is 5.78 Å². The van der Waals surface area contributed by atoms with Crippen molar-refractivity contribution in [2.24, 2.45) is 11.3 Å². The highest BCUT2D eigenvalue weighted by Gasteiger charge is 2.24. The highest BCUT2D eigenvalue weighted by atomic mass is 16.1. The second-order valence-corrected chi connectivity index (χ2v) is 4.46. The van der Waals surface area contributed by atoms with E-state index in [0.29, 0.717) is 0 Å². The number of carbonyl (C=O) groups is 1. The molecule has 0 heterocycles.